The second-order valence-corrected chi connectivity index (χ2v) is 6.87. The third-order valence-corrected chi connectivity index (χ3v) is 5.26. The van der Waals surface area contributed by atoms with Crippen LogP contribution in [0.4, 0.5) is 5.69 Å². The van der Waals surface area contributed by atoms with Crippen molar-refractivity contribution in [2.24, 2.45) is 5.92 Å². The minimum absolute atomic E-state index is 0.174. The van der Waals surface area contributed by atoms with Gasteiger partial charge in [-0.3, -0.25) is 19.7 Å². The van der Waals surface area contributed by atoms with Gasteiger partial charge in [-0.2, -0.15) is 0 Å². The number of amides is 3. The lowest BCUT2D eigenvalue weighted by atomic mass is 10.0. The lowest BCUT2D eigenvalue weighted by Crippen LogP contribution is -2.52. The van der Waals surface area contributed by atoms with Crippen LogP contribution in [-0.2, 0) is 16.1 Å². The van der Waals surface area contributed by atoms with E-state index in [-0.39, 0.29) is 24.1 Å². The standard InChI is InChI=1S/C18H21N3O4/c1-2-10-7-19-13-5-11-8-21(14-3-4-16(22)20-17(14)23)18(24)12(11)6-15(13)25-9-10/h5-6,10,14,19H,2-4,7-9H2,1H3,(H,20,22,23). The second kappa shape index (κ2) is 6.06. The number of carbonyl (C=O) groups excluding carboxylic acids is 3. The van der Waals surface area contributed by atoms with Crippen LogP contribution in [0.2, 0.25) is 0 Å². The fraction of sp³-hybridized carbons (Fsp3) is 0.500. The number of anilines is 1. The number of piperidine rings is 1. The highest BCUT2D eigenvalue weighted by Crippen LogP contribution is 2.36. The van der Waals surface area contributed by atoms with Crippen molar-refractivity contribution in [2.75, 3.05) is 18.5 Å². The molecule has 25 heavy (non-hydrogen) atoms. The van der Waals surface area contributed by atoms with Crippen LogP contribution in [0.3, 0.4) is 0 Å². The van der Waals surface area contributed by atoms with E-state index in [1.54, 1.807) is 11.0 Å². The van der Waals surface area contributed by atoms with Gasteiger partial charge in [-0.25, -0.2) is 0 Å². The first kappa shape index (κ1) is 15.9. The van der Waals surface area contributed by atoms with Crippen molar-refractivity contribution >= 4 is 23.4 Å². The fourth-order valence-corrected chi connectivity index (χ4v) is 3.64. The van der Waals surface area contributed by atoms with Crippen LogP contribution in [0.1, 0.15) is 42.1 Å². The molecule has 3 heterocycles. The molecule has 7 heteroatoms. The Bertz CT molecular complexity index is 761. The normalized spacial score (nSPS) is 25.5. The lowest BCUT2D eigenvalue weighted by Gasteiger charge is -2.29. The Morgan fingerprint density at radius 3 is 2.88 bits per heavy atom. The van der Waals surface area contributed by atoms with Crippen molar-refractivity contribution < 1.29 is 19.1 Å². The SMILES string of the molecule is CCC1CNc2cc3c(cc2OC1)C(=O)N(C1CCC(=O)NC1=O)C3. The number of rotatable bonds is 2. The van der Waals surface area contributed by atoms with Crippen LogP contribution in [0.15, 0.2) is 12.1 Å². The summed E-state index contributed by atoms with van der Waals surface area (Å²) in [5, 5.41) is 5.72. The topological polar surface area (TPSA) is 87.7 Å². The molecule has 1 aromatic carbocycles. The Morgan fingerprint density at radius 1 is 1.28 bits per heavy atom. The van der Waals surface area contributed by atoms with E-state index in [0.29, 0.717) is 36.8 Å². The summed E-state index contributed by atoms with van der Waals surface area (Å²) >= 11 is 0. The van der Waals surface area contributed by atoms with Gasteiger partial charge in [-0.15, -0.1) is 0 Å². The van der Waals surface area contributed by atoms with Gasteiger partial charge in [0.2, 0.25) is 11.8 Å². The quantitative estimate of drug-likeness (QED) is 0.790. The van der Waals surface area contributed by atoms with Crippen molar-refractivity contribution in [3.05, 3.63) is 23.3 Å². The molecule has 0 saturated carbocycles. The van der Waals surface area contributed by atoms with Crippen molar-refractivity contribution in [2.45, 2.75) is 38.8 Å². The summed E-state index contributed by atoms with van der Waals surface area (Å²) in [7, 11) is 0. The molecule has 2 N–H and O–H groups in total. The first-order valence-corrected chi connectivity index (χ1v) is 8.75. The summed E-state index contributed by atoms with van der Waals surface area (Å²) in [6.45, 7) is 3.98. The average Bonchev–Trinajstić information content (AvgIpc) is 2.78. The molecule has 0 radical (unpaired) electrons. The molecule has 1 aromatic rings. The Balaban J connectivity index is 1.59. The van der Waals surface area contributed by atoms with E-state index in [9.17, 15) is 14.4 Å². The lowest BCUT2D eigenvalue weighted by molar-refractivity contribution is -0.136. The van der Waals surface area contributed by atoms with Crippen LogP contribution >= 0.6 is 0 Å². The molecule has 0 bridgehead atoms. The third kappa shape index (κ3) is 2.73. The van der Waals surface area contributed by atoms with Crippen LogP contribution in [0, 0.1) is 5.92 Å². The highest BCUT2D eigenvalue weighted by atomic mass is 16.5. The molecule has 1 saturated heterocycles. The van der Waals surface area contributed by atoms with Gasteiger partial charge in [-0.1, -0.05) is 6.92 Å². The summed E-state index contributed by atoms with van der Waals surface area (Å²) in [4.78, 5) is 37.8. The largest absolute Gasteiger partial charge is 0.491 e. The maximum atomic E-state index is 12.8. The van der Waals surface area contributed by atoms with Crippen LogP contribution in [0.25, 0.3) is 0 Å². The monoisotopic (exact) mass is 343 g/mol. The molecule has 0 spiro atoms. The molecule has 3 aliphatic heterocycles. The number of carbonyl (C=O) groups is 3. The van der Waals surface area contributed by atoms with Gasteiger partial charge < -0.3 is 15.0 Å². The Hall–Kier alpha value is -2.57. The van der Waals surface area contributed by atoms with Gasteiger partial charge in [0.05, 0.1) is 12.3 Å². The molecule has 3 amide bonds. The molecule has 4 rings (SSSR count). The van der Waals surface area contributed by atoms with Gasteiger partial charge in [0.15, 0.2) is 0 Å². The van der Waals surface area contributed by atoms with E-state index >= 15 is 0 Å². The van der Waals surface area contributed by atoms with Crippen LogP contribution < -0.4 is 15.4 Å². The molecule has 0 aliphatic carbocycles. The number of ether oxygens (including phenoxy) is 1. The molecule has 1 fully saturated rings. The number of imide groups is 1. The summed E-state index contributed by atoms with van der Waals surface area (Å²) in [5.74, 6) is 0.289. The smallest absolute Gasteiger partial charge is 0.255 e. The molecule has 2 atom stereocenters. The molecule has 7 nitrogen and oxygen atoms in total. The first-order chi connectivity index (χ1) is 12.1. The highest BCUT2D eigenvalue weighted by Gasteiger charge is 2.39. The van der Waals surface area contributed by atoms with Crippen LogP contribution in [-0.4, -0.2) is 41.8 Å². The zero-order valence-corrected chi connectivity index (χ0v) is 14.1. The maximum absolute atomic E-state index is 12.8. The molecule has 2 unspecified atom stereocenters. The predicted octanol–water partition coefficient (Wildman–Crippen LogP) is 1.28. The number of hydrogen-bond donors (Lipinski definition) is 2. The summed E-state index contributed by atoms with van der Waals surface area (Å²) in [5.41, 5.74) is 2.37. The van der Waals surface area contributed by atoms with Crippen molar-refractivity contribution in [3.8, 4) is 5.75 Å². The average molecular weight is 343 g/mol. The summed E-state index contributed by atoms with van der Waals surface area (Å²) in [6.07, 6.45) is 1.66. The Labute approximate surface area is 145 Å². The zero-order valence-electron chi connectivity index (χ0n) is 14.1. The van der Waals surface area contributed by atoms with Gasteiger partial charge in [-0.05, 0) is 30.5 Å². The predicted molar refractivity (Wildman–Crippen MR) is 90.3 cm³/mol. The Kier molecular flexibility index (Phi) is 3.86. The van der Waals surface area contributed by atoms with E-state index in [2.05, 4.69) is 17.6 Å². The Morgan fingerprint density at radius 2 is 2.12 bits per heavy atom. The van der Waals surface area contributed by atoms with E-state index in [0.717, 1.165) is 24.2 Å². The highest BCUT2D eigenvalue weighted by molar-refractivity contribution is 6.05. The fourth-order valence-electron chi connectivity index (χ4n) is 3.64. The van der Waals surface area contributed by atoms with Gasteiger partial charge in [0, 0.05) is 31.0 Å². The van der Waals surface area contributed by atoms with Crippen molar-refractivity contribution in [1.29, 1.82) is 0 Å². The number of benzene rings is 1. The minimum atomic E-state index is -0.587. The summed E-state index contributed by atoms with van der Waals surface area (Å²) < 4.78 is 5.88. The second-order valence-electron chi connectivity index (χ2n) is 6.87. The maximum Gasteiger partial charge on any atom is 0.255 e. The van der Waals surface area contributed by atoms with Crippen LogP contribution in [0.5, 0.6) is 5.75 Å². The number of nitrogens with zero attached hydrogens (tertiary/aromatic N) is 1. The molecule has 132 valence electrons. The van der Waals surface area contributed by atoms with E-state index in [1.807, 2.05) is 6.07 Å². The third-order valence-electron chi connectivity index (χ3n) is 5.26. The molecular formula is C18H21N3O4. The van der Waals surface area contributed by atoms with E-state index in [1.165, 1.54) is 0 Å². The van der Waals surface area contributed by atoms with Gasteiger partial charge in [0.1, 0.15) is 11.8 Å². The minimum Gasteiger partial charge on any atom is -0.491 e. The molecular weight excluding hydrogens is 322 g/mol. The van der Waals surface area contributed by atoms with Crippen molar-refractivity contribution in [1.82, 2.24) is 10.2 Å². The molecule has 0 aromatic heterocycles. The van der Waals surface area contributed by atoms with Crippen molar-refractivity contribution in [3.63, 3.8) is 0 Å². The summed E-state index contributed by atoms with van der Waals surface area (Å²) in [6, 6.07) is 3.15. The first-order valence-electron chi connectivity index (χ1n) is 8.75. The number of hydrogen-bond acceptors (Lipinski definition) is 5. The van der Waals surface area contributed by atoms with E-state index < -0.39 is 6.04 Å². The van der Waals surface area contributed by atoms with E-state index in [4.69, 9.17) is 4.74 Å². The molecule has 3 aliphatic rings. The van der Waals surface area contributed by atoms with Gasteiger partial charge in [0.25, 0.3) is 5.91 Å². The van der Waals surface area contributed by atoms with Gasteiger partial charge >= 0.3 is 0 Å². The number of fused-ring (bicyclic) bond motifs is 2. The number of nitrogens with one attached hydrogen (secondary N) is 2. The zero-order chi connectivity index (χ0) is 17.6.